The summed E-state index contributed by atoms with van der Waals surface area (Å²) in [6.45, 7) is 0. The topological polar surface area (TPSA) is 50.9 Å². The van der Waals surface area contributed by atoms with Crippen LogP contribution >= 0.6 is 11.6 Å². The van der Waals surface area contributed by atoms with Gasteiger partial charge in [0.15, 0.2) is 0 Å². The molecular formula is C13H14ClN3. The van der Waals surface area contributed by atoms with E-state index < -0.39 is 0 Å². The maximum atomic E-state index is 5.98. The normalized spacial score (nSPS) is 15.9. The molecule has 3 rings (SSSR count). The number of anilines is 1. The van der Waals surface area contributed by atoms with Gasteiger partial charge < -0.3 is 5.43 Å². The Kier molecular flexibility index (Phi) is 2.65. The molecule has 3 nitrogen and oxygen atoms in total. The molecule has 0 aliphatic heterocycles. The van der Waals surface area contributed by atoms with Gasteiger partial charge in [-0.15, -0.1) is 0 Å². The van der Waals surface area contributed by atoms with Crippen LogP contribution in [-0.2, 0) is 0 Å². The number of nitrogen functional groups attached to an aromatic ring is 1. The Morgan fingerprint density at radius 2 is 2.12 bits per heavy atom. The highest BCUT2D eigenvalue weighted by atomic mass is 35.5. The van der Waals surface area contributed by atoms with E-state index in [1.54, 1.807) is 0 Å². The number of nitrogens with two attached hydrogens (primary N) is 1. The molecule has 1 aromatic carbocycles. The van der Waals surface area contributed by atoms with Crippen LogP contribution in [0.25, 0.3) is 10.9 Å². The highest BCUT2D eigenvalue weighted by molar-refractivity contribution is 6.31. The van der Waals surface area contributed by atoms with Crippen molar-refractivity contribution in [2.75, 3.05) is 5.43 Å². The lowest BCUT2D eigenvalue weighted by atomic mass is 9.82. The first kappa shape index (κ1) is 10.8. The van der Waals surface area contributed by atoms with E-state index in [0.717, 1.165) is 27.3 Å². The molecule has 1 saturated carbocycles. The molecular weight excluding hydrogens is 234 g/mol. The van der Waals surface area contributed by atoms with Crippen molar-refractivity contribution in [3.05, 3.63) is 35.0 Å². The zero-order valence-corrected chi connectivity index (χ0v) is 10.2. The SMILES string of the molecule is NNc1cc2cc(Cl)ccc2nc1C1CCC1. The van der Waals surface area contributed by atoms with Crippen LogP contribution < -0.4 is 11.3 Å². The lowest BCUT2D eigenvalue weighted by Gasteiger charge is -2.26. The van der Waals surface area contributed by atoms with Crippen LogP contribution in [0, 0.1) is 0 Å². The van der Waals surface area contributed by atoms with Crippen LogP contribution in [-0.4, -0.2) is 4.98 Å². The molecule has 1 heterocycles. The average Bonchev–Trinajstić information content (AvgIpc) is 2.26. The molecule has 3 N–H and O–H groups in total. The van der Waals surface area contributed by atoms with Crippen molar-refractivity contribution in [1.82, 2.24) is 4.98 Å². The number of aromatic nitrogens is 1. The Hall–Kier alpha value is -1.32. The predicted molar refractivity (Wildman–Crippen MR) is 71.2 cm³/mol. The van der Waals surface area contributed by atoms with Gasteiger partial charge in [0.05, 0.1) is 16.9 Å². The van der Waals surface area contributed by atoms with Gasteiger partial charge in [-0.1, -0.05) is 18.0 Å². The first-order valence-corrected chi connectivity index (χ1v) is 6.22. The smallest absolute Gasteiger partial charge is 0.0710 e. The van der Waals surface area contributed by atoms with Crippen molar-refractivity contribution in [2.45, 2.75) is 25.2 Å². The van der Waals surface area contributed by atoms with Gasteiger partial charge in [-0.25, -0.2) is 0 Å². The van der Waals surface area contributed by atoms with Crippen LogP contribution in [0.15, 0.2) is 24.3 Å². The van der Waals surface area contributed by atoms with E-state index in [1.807, 2.05) is 24.3 Å². The van der Waals surface area contributed by atoms with Gasteiger partial charge in [0.2, 0.25) is 0 Å². The summed E-state index contributed by atoms with van der Waals surface area (Å²) in [5, 5.41) is 1.74. The van der Waals surface area contributed by atoms with E-state index >= 15 is 0 Å². The highest BCUT2D eigenvalue weighted by Crippen LogP contribution is 2.39. The summed E-state index contributed by atoms with van der Waals surface area (Å²) in [5.74, 6) is 6.13. The highest BCUT2D eigenvalue weighted by Gasteiger charge is 2.24. The minimum atomic E-state index is 0.557. The Morgan fingerprint density at radius 3 is 2.76 bits per heavy atom. The molecule has 17 heavy (non-hydrogen) atoms. The average molecular weight is 248 g/mol. The van der Waals surface area contributed by atoms with Crippen molar-refractivity contribution in [1.29, 1.82) is 0 Å². The lowest BCUT2D eigenvalue weighted by Crippen LogP contribution is -2.16. The van der Waals surface area contributed by atoms with E-state index in [9.17, 15) is 0 Å². The second-order valence-electron chi connectivity index (χ2n) is 4.53. The molecule has 1 aliphatic rings. The Balaban J connectivity index is 2.17. The molecule has 1 aliphatic carbocycles. The Labute approximate surface area is 105 Å². The molecule has 0 amide bonds. The molecule has 1 fully saturated rings. The zero-order chi connectivity index (χ0) is 11.8. The number of hydrazine groups is 1. The second kappa shape index (κ2) is 4.17. The molecule has 0 unspecified atom stereocenters. The van der Waals surface area contributed by atoms with E-state index in [-0.39, 0.29) is 0 Å². The summed E-state index contributed by atoms with van der Waals surface area (Å²) in [4.78, 5) is 4.71. The number of benzene rings is 1. The Bertz CT molecular complexity index is 564. The monoisotopic (exact) mass is 247 g/mol. The van der Waals surface area contributed by atoms with Crippen LogP contribution in [0.1, 0.15) is 30.9 Å². The fourth-order valence-corrected chi connectivity index (χ4v) is 2.45. The van der Waals surface area contributed by atoms with Crippen molar-refractivity contribution in [3.63, 3.8) is 0 Å². The molecule has 1 aromatic heterocycles. The number of pyridine rings is 1. The van der Waals surface area contributed by atoms with Crippen LogP contribution in [0.3, 0.4) is 0 Å². The largest absolute Gasteiger partial charge is 0.322 e. The van der Waals surface area contributed by atoms with Crippen LogP contribution in [0.2, 0.25) is 5.02 Å². The molecule has 2 aromatic rings. The van der Waals surface area contributed by atoms with Gasteiger partial charge in [-0.2, -0.15) is 0 Å². The number of halogens is 1. The number of rotatable bonds is 2. The molecule has 4 heteroatoms. The number of nitrogens with zero attached hydrogens (tertiary/aromatic N) is 1. The van der Waals surface area contributed by atoms with E-state index in [0.29, 0.717) is 5.92 Å². The standard InChI is InChI=1S/C13H14ClN3/c14-10-4-5-11-9(6-10)7-12(17-15)13(16-11)8-2-1-3-8/h4-8,17H,1-3,15H2. The minimum absolute atomic E-state index is 0.557. The molecule has 0 bridgehead atoms. The van der Waals surface area contributed by atoms with Gasteiger partial charge in [0, 0.05) is 16.3 Å². The van der Waals surface area contributed by atoms with E-state index in [1.165, 1.54) is 19.3 Å². The van der Waals surface area contributed by atoms with Crippen molar-refractivity contribution < 1.29 is 0 Å². The van der Waals surface area contributed by atoms with E-state index in [2.05, 4.69) is 5.43 Å². The minimum Gasteiger partial charge on any atom is -0.322 e. The molecule has 0 saturated heterocycles. The summed E-state index contributed by atoms with van der Waals surface area (Å²) >= 11 is 5.98. The lowest BCUT2D eigenvalue weighted by molar-refractivity contribution is 0.413. The third-order valence-corrected chi connectivity index (χ3v) is 3.69. The summed E-state index contributed by atoms with van der Waals surface area (Å²) in [6.07, 6.45) is 3.70. The maximum absolute atomic E-state index is 5.98. The first-order valence-electron chi connectivity index (χ1n) is 5.85. The number of fused-ring (bicyclic) bond motifs is 1. The quantitative estimate of drug-likeness (QED) is 0.631. The molecule has 88 valence electrons. The third-order valence-electron chi connectivity index (χ3n) is 3.45. The van der Waals surface area contributed by atoms with Gasteiger partial charge in [0.1, 0.15) is 0 Å². The summed E-state index contributed by atoms with van der Waals surface area (Å²) in [5.41, 5.74) is 5.74. The summed E-state index contributed by atoms with van der Waals surface area (Å²) < 4.78 is 0. The number of hydrogen-bond acceptors (Lipinski definition) is 3. The van der Waals surface area contributed by atoms with Crippen molar-refractivity contribution in [3.8, 4) is 0 Å². The van der Waals surface area contributed by atoms with Crippen molar-refractivity contribution in [2.24, 2.45) is 5.84 Å². The van der Waals surface area contributed by atoms with Gasteiger partial charge in [0.25, 0.3) is 0 Å². The van der Waals surface area contributed by atoms with Crippen molar-refractivity contribution >= 4 is 28.2 Å². The fraction of sp³-hybridized carbons (Fsp3) is 0.308. The van der Waals surface area contributed by atoms with Gasteiger partial charge >= 0.3 is 0 Å². The zero-order valence-electron chi connectivity index (χ0n) is 9.41. The van der Waals surface area contributed by atoms with Gasteiger partial charge in [-0.05, 0) is 37.1 Å². The molecule has 0 radical (unpaired) electrons. The third kappa shape index (κ3) is 1.85. The molecule has 0 spiro atoms. The maximum Gasteiger partial charge on any atom is 0.0710 e. The van der Waals surface area contributed by atoms with Gasteiger partial charge in [-0.3, -0.25) is 10.8 Å². The fourth-order valence-electron chi connectivity index (χ4n) is 2.27. The van der Waals surface area contributed by atoms with E-state index in [4.69, 9.17) is 22.4 Å². The molecule has 0 atom stereocenters. The second-order valence-corrected chi connectivity index (χ2v) is 4.97. The van der Waals surface area contributed by atoms with Crippen LogP contribution in [0.4, 0.5) is 5.69 Å². The summed E-state index contributed by atoms with van der Waals surface area (Å²) in [6, 6.07) is 7.77. The number of hydrogen-bond donors (Lipinski definition) is 2. The first-order chi connectivity index (χ1) is 8.28. The number of nitrogens with one attached hydrogen (secondary N) is 1. The summed E-state index contributed by atoms with van der Waals surface area (Å²) in [7, 11) is 0. The van der Waals surface area contributed by atoms with Crippen LogP contribution in [0.5, 0.6) is 0 Å². The predicted octanol–water partition coefficient (Wildman–Crippen LogP) is 3.44. The Morgan fingerprint density at radius 1 is 1.29 bits per heavy atom.